The molecule has 4 saturated carbocycles. The summed E-state index contributed by atoms with van der Waals surface area (Å²) in [6.45, 7) is 14.0. The molecule has 14 heteroatoms. The molecule has 0 aromatic rings. The van der Waals surface area contributed by atoms with E-state index in [1.165, 1.54) is 0 Å². The molecule has 0 bridgehead atoms. The Morgan fingerprint density at radius 3 is 2.00 bits per heavy atom. The Morgan fingerprint density at radius 1 is 0.750 bits per heavy atom. The lowest BCUT2D eigenvalue weighted by atomic mass is 9.33. The topological polar surface area (TPSA) is 233 Å². The standard InChI is InChI=1S/C42H66O14/c1-37(2)25-8-11-42(7)33(22(45)16-20-21-17-39(4,36(51)52)13-12-38(21,3)14-15-41(20,42)6)40(25,5)10-9-26(37)55-34-31(50)29(48)32(24(19-44)54-34)56-35-30(49)28(47)27(46)23(18-43)53-35/h16,21,23-35,43-44,46-50H,8-15,17-19H2,1-7H3,(H,51,52)/t21-,23+,24+,25-,26-,27+,28-,29+,30+,31+,32+,33+,34-,35+,38+,39-,40-,41+,42+/m0/s1. The van der Waals surface area contributed by atoms with Crippen LogP contribution in [0.2, 0.25) is 0 Å². The third-order valence-electron chi connectivity index (χ3n) is 17.3. The minimum atomic E-state index is -1.76. The number of rotatable bonds is 7. The second-order valence-electron chi connectivity index (χ2n) is 20.5. The molecule has 0 aromatic carbocycles. The van der Waals surface area contributed by atoms with Gasteiger partial charge >= 0.3 is 5.97 Å². The van der Waals surface area contributed by atoms with E-state index in [0.717, 1.165) is 37.7 Å². The lowest BCUT2D eigenvalue weighted by Gasteiger charge is -2.70. The van der Waals surface area contributed by atoms with Crippen molar-refractivity contribution in [3.63, 3.8) is 0 Å². The minimum absolute atomic E-state index is 0.0335. The molecular weight excluding hydrogens is 728 g/mol. The van der Waals surface area contributed by atoms with Crippen LogP contribution in [0.5, 0.6) is 0 Å². The van der Waals surface area contributed by atoms with E-state index in [4.69, 9.17) is 18.9 Å². The maximum Gasteiger partial charge on any atom is 0.309 e. The fourth-order valence-electron chi connectivity index (χ4n) is 13.4. The first-order chi connectivity index (χ1) is 26.0. The molecule has 0 unspecified atom stereocenters. The maximum absolute atomic E-state index is 14.8. The van der Waals surface area contributed by atoms with Crippen LogP contribution in [0.25, 0.3) is 0 Å². The number of carbonyl (C=O) groups excluding carboxylic acids is 1. The van der Waals surface area contributed by atoms with Crippen molar-refractivity contribution in [3.05, 3.63) is 11.6 Å². The molecule has 7 rings (SSSR count). The molecule has 56 heavy (non-hydrogen) atoms. The van der Waals surface area contributed by atoms with Crippen LogP contribution in [-0.4, -0.2) is 133 Å². The minimum Gasteiger partial charge on any atom is -0.481 e. The Kier molecular flexibility index (Phi) is 10.9. The quantitative estimate of drug-likeness (QED) is 0.173. The molecule has 2 heterocycles. The van der Waals surface area contributed by atoms with Gasteiger partial charge in [-0.15, -0.1) is 0 Å². The average Bonchev–Trinajstić information content (AvgIpc) is 3.13. The van der Waals surface area contributed by atoms with Crippen molar-refractivity contribution in [3.8, 4) is 0 Å². The summed E-state index contributed by atoms with van der Waals surface area (Å²) in [5, 5.41) is 83.7. The van der Waals surface area contributed by atoms with E-state index in [2.05, 4.69) is 41.5 Å². The van der Waals surface area contributed by atoms with Crippen molar-refractivity contribution < 1.29 is 69.4 Å². The second-order valence-corrected chi connectivity index (χ2v) is 20.5. The number of fused-ring (bicyclic) bond motifs is 7. The monoisotopic (exact) mass is 794 g/mol. The molecule has 14 nitrogen and oxygen atoms in total. The summed E-state index contributed by atoms with van der Waals surface area (Å²) in [5.41, 5.74) is -1.19. The van der Waals surface area contributed by atoms with Crippen LogP contribution in [0.15, 0.2) is 11.6 Å². The van der Waals surface area contributed by atoms with Crippen LogP contribution in [0.3, 0.4) is 0 Å². The zero-order chi connectivity index (χ0) is 41.1. The SMILES string of the molecule is CC1(C)[C@@H](O[C@@H]2O[C@H](CO)[C@@H](O[C@H]3O[C@H](CO)[C@@H](O)[C@H](O)[C@H]3O)[C@H](O)[C@H]2O)CC[C@]2(C)[C@H]3C(=O)C=C4[C@@H]5C[C@@](C)(C(=O)O)CC[C@]5(C)CC[C@@]4(C)[C@]3(C)CC[C@@H]12. The number of hydrogen-bond acceptors (Lipinski definition) is 13. The molecule has 5 aliphatic carbocycles. The second kappa shape index (κ2) is 14.3. The summed E-state index contributed by atoms with van der Waals surface area (Å²) in [5.74, 6) is -0.791. The van der Waals surface area contributed by atoms with E-state index in [1.54, 1.807) is 0 Å². The highest BCUT2D eigenvalue weighted by atomic mass is 16.7. The number of allylic oxidation sites excluding steroid dienone is 2. The van der Waals surface area contributed by atoms with Crippen molar-refractivity contribution in [2.75, 3.05) is 13.2 Å². The molecule has 6 fully saturated rings. The van der Waals surface area contributed by atoms with Crippen molar-refractivity contribution in [1.82, 2.24) is 0 Å². The highest BCUT2D eigenvalue weighted by Crippen LogP contribution is 2.75. The smallest absolute Gasteiger partial charge is 0.309 e. The van der Waals surface area contributed by atoms with Crippen LogP contribution >= 0.6 is 0 Å². The Hall–Kier alpha value is -1.56. The van der Waals surface area contributed by atoms with Gasteiger partial charge in [0.25, 0.3) is 0 Å². The number of carbonyl (C=O) groups is 2. The van der Waals surface area contributed by atoms with Crippen LogP contribution in [0, 0.1) is 50.2 Å². The Labute approximate surface area is 329 Å². The first-order valence-electron chi connectivity index (χ1n) is 20.8. The molecule has 0 amide bonds. The zero-order valence-electron chi connectivity index (χ0n) is 34.0. The van der Waals surface area contributed by atoms with Gasteiger partial charge in [0.05, 0.1) is 24.7 Å². The summed E-state index contributed by atoms with van der Waals surface area (Å²) >= 11 is 0. The van der Waals surface area contributed by atoms with Gasteiger partial charge in [-0.1, -0.05) is 47.1 Å². The lowest BCUT2D eigenvalue weighted by molar-refractivity contribution is -0.368. The van der Waals surface area contributed by atoms with Gasteiger partial charge in [0.15, 0.2) is 18.4 Å². The maximum atomic E-state index is 14.8. The van der Waals surface area contributed by atoms with Gasteiger partial charge in [0, 0.05) is 5.92 Å². The van der Waals surface area contributed by atoms with E-state index < -0.39 is 97.5 Å². The fraction of sp³-hybridized carbons (Fsp3) is 0.905. The zero-order valence-corrected chi connectivity index (χ0v) is 34.0. The normalized spacial score (nSPS) is 54.2. The number of carboxylic acids is 1. The number of carboxylic acid groups (broad SMARTS) is 1. The van der Waals surface area contributed by atoms with Crippen LogP contribution in [0.4, 0.5) is 0 Å². The number of aliphatic carboxylic acids is 1. The van der Waals surface area contributed by atoms with Gasteiger partial charge in [-0.2, -0.15) is 0 Å². The summed E-state index contributed by atoms with van der Waals surface area (Å²) < 4.78 is 23.8. The fourth-order valence-corrected chi connectivity index (χ4v) is 13.4. The van der Waals surface area contributed by atoms with Crippen LogP contribution < -0.4 is 0 Å². The Morgan fingerprint density at radius 2 is 1.36 bits per heavy atom. The van der Waals surface area contributed by atoms with Gasteiger partial charge in [-0.3, -0.25) is 9.59 Å². The summed E-state index contributed by atoms with van der Waals surface area (Å²) in [6, 6.07) is 0. The average molecular weight is 795 g/mol. The molecule has 0 aromatic heterocycles. The van der Waals surface area contributed by atoms with Crippen molar-refractivity contribution in [2.24, 2.45) is 50.2 Å². The molecular formula is C42H66O14. The van der Waals surface area contributed by atoms with Crippen LogP contribution in [-0.2, 0) is 28.5 Å². The van der Waals surface area contributed by atoms with E-state index in [1.807, 2.05) is 13.0 Å². The third kappa shape index (κ3) is 6.13. The van der Waals surface area contributed by atoms with Crippen LogP contribution in [0.1, 0.15) is 106 Å². The predicted molar refractivity (Wildman–Crippen MR) is 198 cm³/mol. The first kappa shape index (κ1) is 42.6. The predicted octanol–water partition coefficient (Wildman–Crippen LogP) is 2.06. The van der Waals surface area contributed by atoms with Gasteiger partial charge in [0.1, 0.15) is 48.8 Å². The molecule has 318 valence electrons. The molecule has 19 atom stereocenters. The summed E-state index contributed by atoms with van der Waals surface area (Å²) in [4.78, 5) is 27.3. The van der Waals surface area contributed by atoms with E-state index in [0.29, 0.717) is 25.7 Å². The van der Waals surface area contributed by atoms with Crippen molar-refractivity contribution >= 4 is 11.8 Å². The highest BCUT2D eigenvalue weighted by Gasteiger charge is 2.70. The Bertz CT molecular complexity index is 1560. The molecule has 2 saturated heterocycles. The number of ketones is 1. The molecule has 7 aliphatic rings. The van der Waals surface area contributed by atoms with Gasteiger partial charge in [-0.05, 0) is 110 Å². The van der Waals surface area contributed by atoms with E-state index in [9.17, 15) is 50.4 Å². The lowest BCUT2D eigenvalue weighted by Crippen LogP contribution is -2.67. The first-order valence-corrected chi connectivity index (χ1v) is 20.8. The van der Waals surface area contributed by atoms with E-state index >= 15 is 0 Å². The molecule has 8 N–H and O–H groups in total. The van der Waals surface area contributed by atoms with Gasteiger partial charge in [0.2, 0.25) is 0 Å². The Balaban J connectivity index is 1.10. The number of aliphatic hydroxyl groups is 7. The highest BCUT2D eigenvalue weighted by molar-refractivity contribution is 5.95. The largest absolute Gasteiger partial charge is 0.481 e. The number of ether oxygens (including phenoxy) is 4. The summed E-state index contributed by atoms with van der Waals surface area (Å²) in [7, 11) is 0. The molecule has 0 spiro atoms. The molecule has 2 aliphatic heterocycles. The van der Waals surface area contributed by atoms with Gasteiger partial charge < -0.3 is 59.8 Å². The van der Waals surface area contributed by atoms with Gasteiger partial charge in [-0.25, -0.2) is 0 Å². The summed E-state index contributed by atoms with van der Waals surface area (Å²) in [6.07, 6.45) is -7.02. The van der Waals surface area contributed by atoms with E-state index in [-0.39, 0.29) is 45.2 Å². The third-order valence-corrected chi connectivity index (χ3v) is 17.3. The number of hydrogen-bond donors (Lipinski definition) is 8. The van der Waals surface area contributed by atoms with Crippen molar-refractivity contribution in [2.45, 2.75) is 174 Å². The van der Waals surface area contributed by atoms with Crippen molar-refractivity contribution in [1.29, 1.82) is 0 Å². The molecule has 0 radical (unpaired) electrons. The number of aliphatic hydroxyl groups excluding tert-OH is 7.